The number of aldehydes is 1. The minimum atomic E-state index is -0.643. The normalized spacial score (nSPS) is 10.3. The van der Waals surface area contributed by atoms with Gasteiger partial charge in [0.15, 0.2) is 12.0 Å². The first kappa shape index (κ1) is 12.5. The van der Waals surface area contributed by atoms with E-state index in [-0.39, 0.29) is 27.1 Å². The molecule has 1 aromatic heterocycles. The maximum Gasteiger partial charge on any atom is 0.297 e. The maximum atomic E-state index is 10.9. The fraction of sp³-hybridized carbons (Fsp3) is 0. The van der Waals surface area contributed by atoms with Crippen molar-refractivity contribution in [2.24, 2.45) is 0 Å². The third-order valence-corrected chi connectivity index (χ3v) is 2.57. The van der Waals surface area contributed by atoms with Crippen LogP contribution >= 0.6 is 23.2 Å². The summed E-state index contributed by atoms with van der Waals surface area (Å²) in [6.45, 7) is 0. The molecule has 2 rings (SSSR count). The van der Waals surface area contributed by atoms with Crippen LogP contribution in [0.3, 0.4) is 0 Å². The summed E-state index contributed by atoms with van der Waals surface area (Å²) in [6, 6.07) is 2.48. The molecular formula is C9H4Cl2N4O3. The zero-order chi connectivity index (χ0) is 13.3. The molecule has 92 valence electrons. The van der Waals surface area contributed by atoms with Gasteiger partial charge in [-0.05, 0) is 6.07 Å². The molecule has 9 heteroatoms. The number of carbonyl (C=O) groups is 1. The van der Waals surface area contributed by atoms with Gasteiger partial charge in [0, 0.05) is 11.1 Å². The van der Waals surface area contributed by atoms with Crippen LogP contribution < -0.4 is 0 Å². The number of hydrogen-bond acceptors (Lipinski definition) is 5. The highest BCUT2D eigenvalue weighted by Crippen LogP contribution is 2.33. The second kappa shape index (κ2) is 4.71. The largest absolute Gasteiger partial charge is 0.297 e. The highest BCUT2D eigenvalue weighted by atomic mass is 35.5. The lowest BCUT2D eigenvalue weighted by Crippen LogP contribution is -2.02. The molecular weight excluding hydrogens is 283 g/mol. The van der Waals surface area contributed by atoms with Crippen molar-refractivity contribution >= 4 is 35.2 Å². The zero-order valence-electron chi connectivity index (χ0n) is 8.58. The Morgan fingerprint density at radius 1 is 1.39 bits per heavy atom. The van der Waals surface area contributed by atoms with Crippen LogP contribution in [0.15, 0.2) is 18.3 Å². The van der Waals surface area contributed by atoms with Crippen molar-refractivity contribution in [3.8, 4) is 5.69 Å². The first-order chi connectivity index (χ1) is 8.52. The zero-order valence-corrected chi connectivity index (χ0v) is 10.1. The Kier molecular flexibility index (Phi) is 3.26. The van der Waals surface area contributed by atoms with Gasteiger partial charge in [0.2, 0.25) is 0 Å². The Bertz CT molecular complexity index is 641. The van der Waals surface area contributed by atoms with Gasteiger partial charge in [-0.1, -0.05) is 28.4 Å². The lowest BCUT2D eigenvalue weighted by Gasteiger charge is -2.04. The van der Waals surface area contributed by atoms with Gasteiger partial charge in [-0.25, -0.2) is 4.68 Å². The average Bonchev–Trinajstić information content (AvgIpc) is 2.76. The van der Waals surface area contributed by atoms with Gasteiger partial charge in [-0.2, -0.15) is 0 Å². The lowest BCUT2D eigenvalue weighted by atomic mass is 10.2. The molecule has 1 aromatic carbocycles. The summed E-state index contributed by atoms with van der Waals surface area (Å²) in [6.07, 6.45) is 1.70. The van der Waals surface area contributed by atoms with E-state index < -0.39 is 4.92 Å². The predicted molar refractivity (Wildman–Crippen MR) is 63.4 cm³/mol. The Labute approximate surface area is 110 Å². The van der Waals surface area contributed by atoms with Gasteiger partial charge in [0.25, 0.3) is 5.69 Å². The fourth-order valence-corrected chi connectivity index (χ4v) is 1.93. The van der Waals surface area contributed by atoms with Gasteiger partial charge >= 0.3 is 0 Å². The van der Waals surface area contributed by atoms with Crippen LogP contribution in [0.25, 0.3) is 5.69 Å². The summed E-state index contributed by atoms with van der Waals surface area (Å²) < 4.78 is 1.06. The monoisotopic (exact) mass is 286 g/mol. The third kappa shape index (κ3) is 2.18. The number of rotatable bonds is 3. The van der Waals surface area contributed by atoms with E-state index in [0.717, 1.165) is 10.7 Å². The van der Waals surface area contributed by atoms with Crippen LogP contribution in [-0.2, 0) is 0 Å². The molecule has 0 saturated heterocycles. The van der Waals surface area contributed by atoms with Crippen LogP contribution in [0.5, 0.6) is 0 Å². The molecule has 0 bridgehead atoms. The van der Waals surface area contributed by atoms with Crippen molar-refractivity contribution in [2.45, 2.75) is 0 Å². The van der Waals surface area contributed by atoms with E-state index in [4.69, 9.17) is 23.2 Å². The summed E-state index contributed by atoms with van der Waals surface area (Å²) in [4.78, 5) is 20.8. The molecule has 0 aliphatic carbocycles. The van der Waals surface area contributed by atoms with Gasteiger partial charge in [-0.15, -0.1) is 5.10 Å². The highest BCUT2D eigenvalue weighted by molar-refractivity contribution is 6.36. The molecule has 0 aliphatic heterocycles. The molecule has 0 aliphatic rings. The van der Waals surface area contributed by atoms with Crippen LogP contribution in [0.2, 0.25) is 10.0 Å². The van der Waals surface area contributed by atoms with Crippen LogP contribution in [0, 0.1) is 10.1 Å². The van der Waals surface area contributed by atoms with Crippen molar-refractivity contribution in [1.29, 1.82) is 0 Å². The standard InChI is InChI=1S/C9H4Cl2N4O3/c10-5-1-7(11)9(8(2-5)15(17)18)14-3-6(4-16)12-13-14/h1-4H. The summed E-state index contributed by atoms with van der Waals surface area (Å²) in [5.41, 5.74) is -0.281. The van der Waals surface area contributed by atoms with Gasteiger partial charge in [-0.3, -0.25) is 14.9 Å². The summed E-state index contributed by atoms with van der Waals surface area (Å²) in [7, 11) is 0. The molecule has 18 heavy (non-hydrogen) atoms. The number of nitrogens with zero attached hydrogens (tertiary/aromatic N) is 4. The van der Waals surface area contributed by atoms with Crippen molar-refractivity contribution in [3.63, 3.8) is 0 Å². The summed E-state index contributed by atoms with van der Waals surface area (Å²) in [5.74, 6) is 0. The second-order valence-corrected chi connectivity index (χ2v) is 4.06. The molecule has 2 aromatic rings. The Morgan fingerprint density at radius 2 is 2.11 bits per heavy atom. The number of aromatic nitrogens is 3. The van der Waals surface area contributed by atoms with Gasteiger partial charge < -0.3 is 0 Å². The number of nitro groups is 1. The van der Waals surface area contributed by atoms with Gasteiger partial charge in [0.05, 0.1) is 16.1 Å². The lowest BCUT2D eigenvalue weighted by molar-refractivity contribution is -0.384. The molecule has 0 saturated carbocycles. The first-order valence-electron chi connectivity index (χ1n) is 4.54. The van der Waals surface area contributed by atoms with E-state index in [9.17, 15) is 14.9 Å². The molecule has 1 heterocycles. The summed E-state index contributed by atoms with van der Waals surface area (Å²) in [5, 5.41) is 18.2. The van der Waals surface area contributed by atoms with E-state index in [0.29, 0.717) is 6.29 Å². The Balaban J connectivity index is 2.69. The molecule has 0 fully saturated rings. The number of nitro benzene ring substituents is 1. The van der Waals surface area contributed by atoms with Crippen LogP contribution in [0.1, 0.15) is 10.5 Å². The third-order valence-electron chi connectivity index (χ3n) is 2.07. The highest BCUT2D eigenvalue weighted by Gasteiger charge is 2.21. The summed E-state index contributed by atoms with van der Waals surface area (Å²) >= 11 is 11.6. The van der Waals surface area contributed by atoms with Crippen LogP contribution in [0.4, 0.5) is 5.69 Å². The van der Waals surface area contributed by atoms with Crippen LogP contribution in [-0.4, -0.2) is 26.2 Å². The van der Waals surface area contributed by atoms with E-state index in [2.05, 4.69) is 10.3 Å². The Hall–Kier alpha value is -1.99. The van der Waals surface area contributed by atoms with Gasteiger partial charge in [0.1, 0.15) is 5.69 Å². The quantitative estimate of drug-likeness (QED) is 0.490. The molecule has 0 N–H and O–H groups in total. The molecule has 0 spiro atoms. The molecule has 0 amide bonds. The number of halogens is 2. The molecule has 7 nitrogen and oxygen atoms in total. The van der Waals surface area contributed by atoms with Crippen molar-refractivity contribution < 1.29 is 9.72 Å². The van der Waals surface area contributed by atoms with Crippen molar-refractivity contribution in [2.75, 3.05) is 0 Å². The van der Waals surface area contributed by atoms with E-state index in [1.54, 1.807) is 0 Å². The molecule has 0 radical (unpaired) electrons. The number of hydrogen-bond donors (Lipinski definition) is 0. The van der Waals surface area contributed by atoms with Crippen molar-refractivity contribution in [1.82, 2.24) is 15.0 Å². The second-order valence-electron chi connectivity index (χ2n) is 3.22. The maximum absolute atomic E-state index is 10.9. The van der Waals surface area contributed by atoms with E-state index in [1.807, 2.05) is 0 Å². The average molecular weight is 287 g/mol. The fourth-order valence-electron chi connectivity index (χ4n) is 1.36. The topological polar surface area (TPSA) is 90.9 Å². The number of benzene rings is 1. The minimum Gasteiger partial charge on any atom is -0.296 e. The first-order valence-corrected chi connectivity index (χ1v) is 5.30. The van der Waals surface area contributed by atoms with Crippen molar-refractivity contribution in [3.05, 3.63) is 44.2 Å². The molecule has 0 unspecified atom stereocenters. The number of carbonyl (C=O) groups excluding carboxylic acids is 1. The minimum absolute atomic E-state index is 0.00617. The Morgan fingerprint density at radius 3 is 2.67 bits per heavy atom. The predicted octanol–water partition coefficient (Wildman–Crippen LogP) is 2.29. The smallest absolute Gasteiger partial charge is 0.296 e. The van der Waals surface area contributed by atoms with E-state index >= 15 is 0 Å². The van der Waals surface area contributed by atoms with E-state index in [1.165, 1.54) is 12.3 Å². The SMILES string of the molecule is O=Cc1cn(-c2c(Cl)cc(Cl)cc2[N+](=O)[O-])nn1. The molecule has 0 atom stereocenters.